The molecule has 0 bridgehead atoms. The molecule has 0 saturated carbocycles. The second-order valence-corrected chi connectivity index (χ2v) is 2.71. The zero-order chi connectivity index (χ0) is 10.3. The molecule has 0 aliphatic rings. The lowest BCUT2D eigenvalue weighted by atomic mass is 10.2. The van der Waals surface area contributed by atoms with Gasteiger partial charge in [-0.1, -0.05) is 5.57 Å². The number of carbonyl (C=O) groups excluding carboxylic acids is 1. The highest BCUT2D eigenvalue weighted by molar-refractivity contribution is 5.79. The van der Waals surface area contributed by atoms with Crippen molar-refractivity contribution in [3.63, 3.8) is 0 Å². The van der Waals surface area contributed by atoms with E-state index in [9.17, 15) is 9.59 Å². The standard InChI is InChI=1S/C8H14N2O3/c1-6(2)3-4-9-8(13)10-5-7(11)12/h1,3-5H2,2H3,(H,11,12)(H2,9,10,13). The molecule has 0 aromatic carbocycles. The van der Waals surface area contributed by atoms with Crippen LogP contribution in [0.3, 0.4) is 0 Å². The van der Waals surface area contributed by atoms with Gasteiger partial charge in [-0.25, -0.2) is 4.79 Å². The molecule has 3 N–H and O–H groups in total. The van der Waals surface area contributed by atoms with Crippen molar-refractivity contribution in [2.24, 2.45) is 0 Å². The second-order valence-electron chi connectivity index (χ2n) is 2.71. The van der Waals surface area contributed by atoms with E-state index in [1.807, 2.05) is 6.92 Å². The molecule has 0 heterocycles. The molecule has 0 saturated heterocycles. The molecule has 0 aliphatic heterocycles. The maximum atomic E-state index is 10.8. The lowest BCUT2D eigenvalue weighted by molar-refractivity contribution is -0.135. The summed E-state index contributed by atoms with van der Waals surface area (Å²) in [5.41, 5.74) is 0.971. The van der Waals surface area contributed by atoms with Crippen LogP contribution in [0.2, 0.25) is 0 Å². The number of hydrogen-bond acceptors (Lipinski definition) is 2. The van der Waals surface area contributed by atoms with E-state index < -0.39 is 12.0 Å². The minimum absolute atomic E-state index is 0.362. The van der Waals surface area contributed by atoms with Gasteiger partial charge >= 0.3 is 12.0 Å². The van der Waals surface area contributed by atoms with Gasteiger partial charge in [0, 0.05) is 6.54 Å². The van der Waals surface area contributed by atoms with Crippen LogP contribution in [0.1, 0.15) is 13.3 Å². The molecule has 5 nitrogen and oxygen atoms in total. The van der Waals surface area contributed by atoms with E-state index in [4.69, 9.17) is 5.11 Å². The van der Waals surface area contributed by atoms with Crippen molar-refractivity contribution in [3.05, 3.63) is 12.2 Å². The van der Waals surface area contributed by atoms with Gasteiger partial charge in [-0.2, -0.15) is 0 Å². The van der Waals surface area contributed by atoms with Gasteiger partial charge in [-0.15, -0.1) is 6.58 Å². The first-order chi connectivity index (χ1) is 6.02. The summed E-state index contributed by atoms with van der Waals surface area (Å²) < 4.78 is 0. The predicted octanol–water partition coefficient (Wildman–Crippen LogP) is 0.336. The number of hydrogen-bond donors (Lipinski definition) is 3. The minimum atomic E-state index is -1.06. The van der Waals surface area contributed by atoms with E-state index in [-0.39, 0.29) is 6.54 Å². The molecular weight excluding hydrogens is 172 g/mol. The minimum Gasteiger partial charge on any atom is -0.480 e. The van der Waals surface area contributed by atoms with Crippen molar-refractivity contribution in [1.29, 1.82) is 0 Å². The third kappa shape index (κ3) is 8.39. The van der Waals surface area contributed by atoms with Gasteiger partial charge in [0.2, 0.25) is 0 Å². The van der Waals surface area contributed by atoms with Gasteiger partial charge < -0.3 is 15.7 Å². The van der Waals surface area contributed by atoms with Crippen molar-refractivity contribution in [3.8, 4) is 0 Å². The fourth-order valence-electron chi connectivity index (χ4n) is 0.608. The highest BCUT2D eigenvalue weighted by Gasteiger charge is 2.01. The highest BCUT2D eigenvalue weighted by Crippen LogP contribution is 1.91. The number of urea groups is 1. The summed E-state index contributed by atoms with van der Waals surface area (Å²) in [6.45, 7) is 5.63. The molecule has 13 heavy (non-hydrogen) atoms. The SMILES string of the molecule is C=C(C)CCNC(=O)NCC(=O)O. The molecule has 0 aliphatic carbocycles. The molecule has 0 aromatic rings. The molecule has 0 atom stereocenters. The molecule has 0 rings (SSSR count). The first kappa shape index (κ1) is 11.5. The van der Waals surface area contributed by atoms with Crippen LogP contribution in [-0.4, -0.2) is 30.2 Å². The summed E-state index contributed by atoms with van der Waals surface area (Å²) in [4.78, 5) is 20.8. The van der Waals surface area contributed by atoms with Crippen LogP contribution in [0.25, 0.3) is 0 Å². The van der Waals surface area contributed by atoms with E-state index in [2.05, 4.69) is 17.2 Å². The normalized spacial score (nSPS) is 9.00. The Labute approximate surface area is 76.8 Å². The molecule has 0 radical (unpaired) electrons. The Morgan fingerprint density at radius 3 is 2.46 bits per heavy atom. The molecular formula is C8H14N2O3. The van der Waals surface area contributed by atoms with Gasteiger partial charge in [-0.05, 0) is 13.3 Å². The highest BCUT2D eigenvalue weighted by atomic mass is 16.4. The Balaban J connectivity index is 3.41. The predicted molar refractivity (Wildman–Crippen MR) is 48.5 cm³/mol. The first-order valence-corrected chi connectivity index (χ1v) is 3.90. The number of amides is 2. The Morgan fingerprint density at radius 1 is 1.38 bits per heavy atom. The Morgan fingerprint density at radius 2 is 2.00 bits per heavy atom. The Kier molecular flexibility index (Phi) is 5.34. The zero-order valence-corrected chi connectivity index (χ0v) is 7.59. The molecule has 0 spiro atoms. The van der Waals surface area contributed by atoms with E-state index in [1.165, 1.54) is 0 Å². The average Bonchev–Trinajstić information content (AvgIpc) is 2.00. The summed E-state index contributed by atoms with van der Waals surface area (Å²) in [6.07, 6.45) is 0.695. The van der Waals surface area contributed by atoms with Crippen LogP contribution in [0, 0.1) is 0 Å². The molecule has 5 heteroatoms. The number of carbonyl (C=O) groups is 2. The van der Waals surface area contributed by atoms with E-state index >= 15 is 0 Å². The number of aliphatic carboxylic acids is 1. The van der Waals surface area contributed by atoms with E-state index in [0.29, 0.717) is 13.0 Å². The largest absolute Gasteiger partial charge is 0.480 e. The average molecular weight is 186 g/mol. The van der Waals surface area contributed by atoms with Gasteiger partial charge in [0.1, 0.15) is 6.54 Å². The second kappa shape index (κ2) is 6.05. The van der Waals surface area contributed by atoms with Crippen LogP contribution in [0.5, 0.6) is 0 Å². The molecule has 0 unspecified atom stereocenters. The molecule has 74 valence electrons. The fourth-order valence-corrected chi connectivity index (χ4v) is 0.608. The van der Waals surface area contributed by atoms with Crippen LogP contribution in [0.15, 0.2) is 12.2 Å². The van der Waals surface area contributed by atoms with Crippen LogP contribution in [-0.2, 0) is 4.79 Å². The summed E-state index contributed by atoms with van der Waals surface area (Å²) in [7, 11) is 0. The van der Waals surface area contributed by atoms with Crippen LogP contribution >= 0.6 is 0 Å². The monoisotopic (exact) mass is 186 g/mol. The van der Waals surface area contributed by atoms with Crippen molar-refractivity contribution in [2.45, 2.75) is 13.3 Å². The third-order valence-electron chi connectivity index (χ3n) is 1.24. The fraction of sp³-hybridized carbons (Fsp3) is 0.500. The topological polar surface area (TPSA) is 78.4 Å². The Hall–Kier alpha value is -1.52. The number of carboxylic acids is 1. The van der Waals surface area contributed by atoms with Crippen molar-refractivity contribution >= 4 is 12.0 Å². The van der Waals surface area contributed by atoms with Crippen LogP contribution < -0.4 is 10.6 Å². The molecule has 0 aromatic heterocycles. The van der Waals surface area contributed by atoms with E-state index in [0.717, 1.165) is 5.57 Å². The lowest BCUT2D eigenvalue weighted by Gasteiger charge is -2.04. The summed E-state index contributed by atoms with van der Waals surface area (Å²) in [6, 6.07) is -0.469. The maximum Gasteiger partial charge on any atom is 0.323 e. The maximum absolute atomic E-state index is 10.8. The van der Waals surface area contributed by atoms with Gasteiger partial charge in [0.05, 0.1) is 0 Å². The lowest BCUT2D eigenvalue weighted by Crippen LogP contribution is -2.38. The quantitative estimate of drug-likeness (QED) is 0.541. The molecule has 0 fully saturated rings. The third-order valence-corrected chi connectivity index (χ3v) is 1.24. The Bertz CT molecular complexity index is 213. The summed E-state index contributed by atoms with van der Waals surface area (Å²) in [5, 5.41) is 12.9. The van der Waals surface area contributed by atoms with Crippen LogP contribution in [0.4, 0.5) is 4.79 Å². The van der Waals surface area contributed by atoms with E-state index in [1.54, 1.807) is 0 Å². The summed E-state index contributed by atoms with van der Waals surface area (Å²) >= 11 is 0. The zero-order valence-electron chi connectivity index (χ0n) is 7.59. The smallest absolute Gasteiger partial charge is 0.323 e. The van der Waals surface area contributed by atoms with Gasteiger partial charge in [0.15, 0.2) is 0 Å². The van der Waals surface area contributed by atoms with Crippen molar-refractivity contribution < 1.29 is 14.7 Å². The molecule has 2 amide bonds. The van der Waals surface area contributed by atoms with Gasteiger partial charge in [-0.3, -0.25) is 4.79 Å². The number of carboxylic acid groups (broad SMARTS) is 1. The van der Waals surface area contributed by atoms with Gasteiger partial charge in [0.25, 0.3) is 0 Å². The number of nitrogens with one attached hydrogen (secondary N) is 2. The van der Waals surface area contributed by atoms with Crippen molar-refractivity contribution in [2.75, 3.05) is 13.1 Å². The summed E-state index contributed by atoms with van der Waals surface area (Å²) in [5.74, 6) is -1.06. The number of rotatable bonds is 5. The van der Waals surface area contributed by atoms with Crippen molar-refractivity contribution in [1.82, 2.24) is 10.6 Å². The first-order valence-electron chi connectivity index (χ1n) is 3.90.